The normalized spacial score (nSPS) is 12.0. The summed E-state index contributed by atoms with van der Waals surface area (Å²) in [7, 11) is 1.75. The fraction of sp³-hybridized carbons (Fsp3) is 0.833. The Labute approximate surface area is 104 Å². The molecule has 0 aromatic carbocycles. The van der Waals surface area contributed by atoms with Crippen LogP contribution < -0.4 is 11.1 Å². The summed E-state index contributed by atoms with van der Waals surface area (Å²) in [6.45, 7) is 5.08. The topological polar surface area (TPSA) is 75.4 Å². The first-order valence-electron chi connectivity index (χ1n) is 6.25. The van der Waals surface area contributed by atoms with E-state index in [1.165, 1.54) is 0 Å². The molecule has 1 atom stereocenters. The van der Waals surface area contributed by atoms with E-state index < -0.39 is 0 Å². The van der Waals surface area contributed by atoms with E-state index >= 15 is 0 Å². The van der Waals surface area contributed by atoms with E-state index in [0.29, 0.717) is 32.4 Å². The molecule has 0 aliphatic heterocycles. The molecule has 0 fully saturated rings. The second-order valence-electron chi connectivity index (χ2n) is 4.29. The van der Waals surface area contributed by atoms with Gasteiger partial charge in [0.15, 0.2) is 0 Å². The molecule has 5 nitrogen and oxygen atoms in total. The molecule has 0 saturated heterocycles. The van der Waals surface area contributed by atoms with Gasteiger partial charge >= 0.3 is 0 Å². The van der Waals surface area contributed by atoms with Crippen LogP contribution in [0.25, 0.3) is 0 Å². The van der Waals surface area contributed by atoms with Gasteiger partial charge in [-0.25, -0.2) is 0 Å². The Kier molecular flexibility index (Phi) is 8.40. The smallest absolute Gasteiger partial charge is 0.222 e. The minimum atomic E-state index is 0.0224. The average molecular weight is 243 g/mol. The molecule has 0 rings (SSSR count). The zero-order chi connectivity index (χ0) is 13.3. The number of likely N-dealkylation sites (N-methyl/N-ethyl adjacent to an activating group) is 1. The zero-order valence-corrected chi connectivity index (χ0v) is 11.2. The predicted octanol–water partition coefficient (Wildman–Crippen LogP) is 0.489. The van der Waals surface area contributed by atoms with Crippen molar-refractivity contribution in [3.63, 3.8) is 0 Å². The lowest BCUT2D eigenvalue weighted by Crippen LogP contribution is -2.39. The largest absolute Gasteiger partial charge is 0.356 e. The Bertz CT molecular complexity index is 244. The highest BCUT2D eigenvalue weighted by molar-refractivity contribution is 5.78. The highest BCUT2D eigenvalue weighted by Gasteiger charge is 2.14. The van der Waals surface area contributed by atoms with Crippen molar-refractivity contribution in [2.75, 3.05) is 20.1 Å². The molecular formula is C12H25N3O2. The lowest BCUT2D eigenvalue weighted by molar-refractivity contribution is -0.131. The van der Waals surface area contributed by atoms with Crippen molar-refractivity contribution in [3.05, 3.63) is 0 Å². The molecule has 17 heavy (non-hydrogen) atoms. The fourth-order valence-electron chi connectivity index (χ4n) is 1.33. The van der Waals surface area contributed by atoms with Crippen molar-refractivity contribution in [1.29, 1.82) is 0 Å². The molecule has 0 aromatic heterocycles. The van der Waals surface area contributed by atoms with Gasteiger partial charge in [0, 0.05) is 39.0 Å². The maximum absolute atomic E-state index is 11.7. The summed E-state index contributed by atoms with van der Waals surface area (Å²) in [6, 6.07) is 0.0522. The van der Waals surface area contributed by atoms with Gasteiger partial charge in [-0.2, -0.15) is 0 Å². The second-order valence-corrected chi connectivity index (χ2v) is 4.29. The Hall–Kier alpha value is -1.10. The van der Waals surface area contributed by atoms with Gasteiger partial charge in [-0.05, 0) is 19.8 Å². The maximum Gasteiger partial charge on any atom is 0.222 e. The summed E-state index contributed by atoms with van der Waals surface area (Å²) in [5, 5.41) is 2.79. The monoisotopic (exact) mass is 243 g/mol. The second kappa shape index (κ2) is 8.98. The van der Waals surface area contributed by atoms with Crippen LogP contribution in [0.5, 0.6) is 0 Å². The number of rotatable bonds is 8. The Morgan fingerprint density at radius 3 is 2.53 bits per heavy atom. The van der Waals surface area contributed by atoms with Crippen LogP contribution in [0.4, 0.5) is 0 Å². The van der Waals surface area contributed by atoms with E-state index in [1.54, 1.807) is 11.9 Å². The summed E-state index contributed by atoms with van der Waals surface area (Å²) in [5.41, 5.74) is 5.48. The molecule has 0 aliphatic carbocycles. The summed E-state index contributed by atoms with van der Waals surface area (Å²) >= 11 is 0. The molecule has 5 heteroatoms. The molecule has 0 saturated carbocycles. The molecule has 3 N–H and O–H groups in total. The Morgan fingerprint density at radius 1 is 1.35 bits per heavy atom. The van der Waals surface area contributed by atoms with Crippen LogP contribution in [-0.2, 0) is 9.59 Å². The molecule has 0 aromatic rings. The third-order valence-corrected chi connectivity index (χ3v) is 2.76. The van der Waals surface area contributed by atoms with Crippen molar-refractivity contribution < 1.29 is 9.59 Å². The van der Waals surface area contributed by atoms with Gasteiger partial charge in [-0.3, -0.25) is 9.59 Å². The SMILES string of the molecule is CCCNC(=O)CCCC(=O)N(C)C(C)CN. The first-order chi connectivity index (χ1) is 8.02. The molecule has 0 heterocycles. The van der Waals surface area contributed by atoms with Crippen LogP contribution in [-0.4, -0.2) is 42.9 Å². The van der Waals surface area contributed by atoms with E-state index in [9.17, 15) is 9.59 Å². The summed E-state index contributed by atoms with van der Waals surface area (Å²) in [6.07, 6.45) is 2.34. The quantitative estimate of drug-likeness (QED) is 0.651. The first kappa shape index (κ1) is 15.9. The van der Waals surface area contributed by atoms with Crippen LogP contribution in [0.3, 0.4) is 0 Å². The van der Waals surface area contributed by atoms with Gasteiger partial charge in [0.05, 0.1) is 0 Å². The first-order valence-corrected chi connectivity index (χ1v) is 6.25. The van der Waals surface area contributed by atoms with Crippen LogP contribution in [0.15, 0.2) is 0 Å². The highest BCUT2D eigenvalue weighted by atomic mass is 16.2. The van der Waals surface area contributed by atoms with Gasteiger partial charge in [0.1, 0.15) is 0 Å². The third-order valence-electron chi connectivity index (χ3n) is 2.76. The third kappa shape index (κ3) is 6.94. The number of nitrogens with two attached hydrogens (primary N) is 1. The minimum Gasteiger partial charge on any atom is -0.356 e. The molecule has 1 unspecified atom stereocenters. The molecule has 2 amide bonds. The summed E-state index contributed by atoms with van der Waals surface area (Å²) in [4.78, 5) is 24.6. The van der Waals surface area contributed by atoms with Crippen LogP contribution >= 0.6 is 0 Å². The summed E-state index contributed by atoms with van der Waals surface area (Å²) in [5.74, 6) is 0.0698. The van der Waals surface area contributed by atoms with E-state index in [0.717, 1.165) is 6.42 Å². The van der Waals surface area contributed by atoms with Crippen molar-refractivity contribution in [2.24, 2.45) is 5.73 Å². The van der Waals surface area contributed by atoms with E-state index in [2.05, 4.69) is 5.32 Å². The van der Waals surface area contributed by atoms with Gasteiger partial charge in [-0.1, -0.05) is 6.92 Å². The molecule has 0 aliphatic rings. The minimum absolute atomic E-state index is 0.0224. The highest BCUT2D eigenvalue weighted by Crippen LogP contribution is 2.02. The lowest BCUT2D eigenvalue weighted by Gasteiger charge is -2.23. The number of amides is 2. The molecule has 0 bridgehead atoms. The van der Waals surface area contributed by atoms with E-state index in [1.807, 2.05) is 13.8 Å². The Morgan fingerprint density at radius 2 is 2.00 bits per heavy atom. The van der Waals surface area contributed by atoms with Crippen LogP contribution in [0, 0.1) is 0 Å². The van der Waals surface area contributed by atoms with Crippen molar-refractivity contribution in [1.82, 2.24) is 10.2 Å². The van der Waals surface area contributed by atoms with Gasteiger partial charge in [0.2, 0.25) is 11.8 Å². The zero-order valence-electron chi connectivity index (χ0n) is 11.2. The van der Waals surface area contributed by atoms with Crippen LogP contribution in [0.2, 0.25) is 0 Å². The van der Waals surface area contributed by atoms with Crippen molar-refractivity contribution >= 4 is 11.8 Å². The number of nitrogens with zero attached hydrogens (tertiary/aromatic N) is 1. The number of carbonyl (C=O) groups is 2. The van der Waals surface area contributed by atoms with Gasteiger partial charge < -0.3 is 16.0 Å². The van der Waals surface area contributed by atoms with Gasteiger partial charge in [-0.15, -0.1) is 0 Å². The predicted molar refractivity (Wildman–Crippen MR) is 68.4 cm³/mol. The summed E-state index contributed by atoms with van der Waals surface area (Å²) < 4.78 is 0. The fourth-order valence-corrected chi connectivity index (χ4v) is 1.33. The Balaban J connectivity index is 3.74. The molecule has 100 valence electrons. The van der Waals surface area contributed by atoms with Crippen molar-refractivity contribution in [3.8, 4) is 0 Å². The molecular weight excluding hydrogens is 218 g/mol. The molecule has 0 spiro atoms. The van der Waals surface area contributed by atoms with Crippen LogP contribution in [0.1, 0.15) is 39.5 Å². The lowest BCUT2D eigenvalue weighted by atomic mass is 10.2. The number of hydrogen-bond donors (Lipinski definition) is 2. The average Bonchev–Trinajstić information content (AvgIpc) is 2.34. The maximum atomic E-state index is 11.7. The standard InChI is InChI=1S/C12H25N3O2/c1-4-8-14-11(16)6-5-7-12(17)15(3)10(2)9-13/h10H,4-9,13H2,1-3H3,(H,14,16). The number of nitrogens with one attached hydrogen (secondary N) is 1. The number of carbonyl (C=O) groups excluding carboxylic acids is 2. The number of hydrogen-bond acceptors (Lipinski definition) is 3. The molecule has 0 radical (unpaired) electrons. The van der Waals surface area contributed by atoms with E-state index in [4.69, 9.17) is 5.73 Å². The van der Waals surface area contributed by atoms with Gasteiger partial charge in [0.25, 0.3) is 0 Å². The van der Waals surface area contributed by atoms with E-state index in [-0.39, 0.29) is 17.9 Å². The van der Waals surface area contributed by atoms with Crippen molar-refractivity contribution in [2.45, 2.75) is 45.6 Å².